The predicted octanol–water partition coefficient (Wildman–Crippen LogP) is 4.00. The number of nitrogens with zero attached hydrogens (tertiary/aromatic N) is 1. The lowest BCUT2D eigenvalue weighted by molar-refractivity contribution is 0.116. The summed E-state index contributed by atoms with van der Waals surface area (Å²) in [6, 6.07) is 4.13. The number of rotatable bonds is 4. The van der Waals surface area contributed by atoms with Gasteiger partial charge in [0.15, 0.2) is 0 Å². The highest BCUT2D eigenvalue weighted by atomic mass is 79.9. The minimum absolute atomic E-state index is 0.148. The summed E-state index contributed by atoms with van der Waals surface area (Å²) in [6.45, 7) is 0.611. The van der Waals surface area contributed by atoms with Gasteiger partial charge in [-0.15, -0.1) is 4.91 Å². The van der Waals surface area contributed by atoms with E-state index in [1.54, 1.807) is 0 Å². The van der Waals surface area contributed by atoms with E-state index in [4.69, 9.17) is 0 Å². The Bertz CT molecular complexity index is 460. The number of benzene rings is 1. The van der Waals surface area contributed by atoms with Gasteiger partial charge in [-0.05, 0) is 64.5 Å². The van der Waals surface area contributed by atoms with Crippen LogP contribution in [0.15, 0.2) is 26.3 Å². The fourth-order valence-electron chi connectivity index (χ4n) is 2.39. The van der Waals surface area contributed by atoms with Crippen LogP contribution in [0.5, 0.6) is 0 Å². The van der Waals surface area contributed by atoms with Crippen LogP contribution in [0.1, 0.15) is 31.2 Å². The molecule has 1 aliphatic rings. The fraction of sp³-hybridized carbons (Fsp3) is 0.538. The molecule has 2 rings (SSSR count). The largest absolute Gasteiger partial charge is 0.393 e. The number of aliphatic hydroxyl groups is 1. The third-order valence-electron chi connectivity index (χ3n) is 3.48. The van der Waals surface area contributed by atoms with Gasteiger partial charge < -0.3 is 10.4 Å². The number of hydrogen-bond donors (Lipinski definition) is 2. The molecule has 1 aromatic rings. The van der Waals surface area contributed by atoms with E-state index in [1.807, 2.05) is 12.1 Å². The highest BCUT2D eigenvalue weighted by Gasteiger charge is 2.19. The Hall–Kier alpha value is -0.300. The summed E-state index contributed by atoms with van der Waals surface area (Å²) in [4.78, 5) is 10.9. The summed E-state index contributed by atoms with van der Waals surface area (Å²) < 4.78 is 1.62. The quantitative estimate of drug-likeness (QED) is 0.762. The molecule has 6 heteroatoms. The molecule has 0 unspecified atom stereocenters. The molecule has 0 bridgehead atoms. The van der Waals surface area contributed by atoms with Crippen molar-refractivity contribution < 1.29 is 5.11 Å². The third kappa shape index (κ3) is 4.08. The van der Waals surface area contributed by atoms with Crippen molar-refractivity contribution in [2.24, 2.45) is 5.18 Å². The predicted molar refractivity (Wildman–Crippen MR) is 82.4 cm³/mol. The maximum atomic E-state index is 10.9. The SMILES string of the molecule is O=Nc1c(Br)cc(Br)cc1CNC1CCC(O)CC1. The fourth-order valence-corrected chi connectivity index (χ4v) is 3.78. The van der Waals surface area contributed by atoms with Crippen LogP contribution in [0.25, 0.3) is 0 Å². The Morgan fingerprint density at radius 2 is 1.95 bits per heavy atom. The first-order chi connectivity index (χ1) is 9.10. The van der Waals surface area contributed by atoms with Crippen LogP contribution in [0.4, 0.5) is 5.69 Å². The van der Waals surface area contributed by atoms with Crippen LogP contribution in [0.3, 0.4) is 0 Å². The average molecular weight is 392 g/mol. The molecule has 0 saturated heterocycles. The number of aliphatic hydroxyl groups excluding tert-OH is 1. The van der Waals surface area contributed by atoms with Gasteiger partial charge in [0.25, 0.3) is 0 Å². The summed E-state index contributed by atoms with van der Waals surface area (Å²) in [7, 11) is 0. The second-order valence-electron chi connectivity index (χ2n) is 4.87. The highest BCUT2D eigenvalue weighted by Crippen LogP contribution is 2.33. The normalized spacial score (nSPS) is 23.3. The second-order valence-corrected chi connectivity index (χ2v) is 6.64. The van der Waals surface area contributed by atoms with Crippen LogP contribution >= 0.6 is 31.9 Å². The van der Waals surface area contributed by atoms with Crippen molar-refractivity contribution in [2.45, 2.75) is 44.4 Å². The van der Waals surface area contributed by atoms with Crippen molar-refractivity contribution in [3.63, 3.8) is 0 Å². The molecule has 19 heavy (non-hydrogen) atoms. The Morgan fingerprint density at radius 3 is 2.58 bits per heavy atom. The van der Waals surface area contributed by atoms with Crippen molar-refractivity contribution in [3.05, 3.63) is 31.5 Å². The molecule has 4 nitrogen and oxygen atoms in total. The monoisotopic (exact) mass is 390 g/mol. The van der Waals surface area contributed by atoms with Crippen LogP contribution in [0.2, 0.25) is 0 Å². The molecule has 0 aromatic heterocycles. The van der Waals surface area contributed by atoms with Gasteiger partial charge in [-0.25, -0.2) is 0 Å². The number of nitroso groups, excluding NO2 is 1. The van der Waals surface area contributed by atoms with E-state index >= 15 is 0 Å². The Labute approximate surface area is 129 Å². The van der Waals surface area contributed by atoms with E-state index in [9.17, 15) is 10.0 Å². The molecule has 0 spiro atoms. The maximum Gasteiger partial charge on any atom is 0.126 e. The first-order valence-electron chi connectivity index (χ1n) is 6.33. The van der Waals surface area contributed by atoms with E-state index in [0.29, 0.717) is 22.7 Å². The number of nitrogens with one attached hydrogen (secondary N) is 1. The third-order valence-corrected chi connectivity index (χ3v) is 4.54. The summed E-state index contributed by atoms with van der Waals surface area (Å²) in [5.41, 5.74) is 1.33. The maximum absolute atomic E-state index is 10.9. The molecule has 2 N–H and O–H groups in total. The van der Waals surface area contributed by atoms with E-state index in [-0.39, 0.29) is 6.10 Å². The van der Waals surface area contributed by atoms with Gasteiger partial charge in [0, 0.05) is 21.5 Å². The summed E-state index contributed by atoms with van der Waals surface area (Å²) in [5.74, 6) is 0. The van der Waals surface area contributed by atoms with E-state index in [2.05, 4.69) is 42.4 Å². The lowest BCUT2D eigenvalue weighted by Crippen LogP contribution is -2.34. The molecule has 0 amide bonds. The van der Waals surface area contributed by atoms with Crippen LogP contribution < -0.4 is 5.32 Å². The van der Waals surface area contributed by atoms with Crippen LogP contribution in [-0.4, -0.2) is 17.3 Å². The van der Waals surface area contributed by atoms with Crippen molar-refractivity contribution in [3.8, 4) is 0 Å². The summed E-state index contributed by atoms with van der Waals surface area (Å²) in [6.07, 6.45) is 3.49. The molecule has 0 aliphatic heterocycles. The van der Waals surface area contributed by atoms with Gasteiger partial charge in [-0.3, -0.25) is 0 Å². The van der Waals surface area contributed by atoms with E-state index in [1.165, 1.54) is 0 Å². The lowest BCUT2D eigenvalue weighted by atomic mass is 9.93. The molecule has 0 radical (unpaired) electrons. The van der Waals surface area contributed by atoms with Crippen LogP contribution in [-0.2, 0) is 6.54 Å². The van der Waals surface area contributed by atoms with Crippen LogP contribution in [0, 0.1) is 4.91 Å². The summed E-state index contributed by atoms with van der Waals surface area (Å²) in [5, 5.41) is 16.0. The smallest absolute Gasteiger partial charge is 0.126 e. The average Bonchev–Trinajstić information content (AvgIpc) is 2.37. The molecule has 1 fully saturated rings. The molecular formula is C13H16Br2N2O2. The Balaban J connectivity index is 2.01. The van der Waals surface area contributed by atoms with Crippen molar-refractivity contribution in [2.75, 3.05) is 0 Å². The van der Waals surface area contributed by atoms with Crippen molar-refractivity contribution in [1.29, 1.82) is 0 Å². The topological polar surface area (TPSA) is 61.7 Å². The zero-order valence-corrected chi connectivity index (χ0v) is 13.6. The molecule has 1 aromatic carbocycles. The zero-order chi connectivity index (χ0) is 13.8. The van der Waals surface area contributed by atoms with Gasteiger partial charge in [0.1, 0.15) is 5.69 Å². The Kier molecular flexibility index (Phi) is 5.50. The van der Waals surface area contributed by atoms with Gasteiger partial charge >= 0.3 is 0 Å². The molecule has 0 heterocycles. The molecule has 0 atom stereocenters. The van der Waals surface area contributed by atoms with Crippen molar-refractivity contribution >= 4 is 37.5 Å². The summed E-state index contributed by atoms with van der Waals surface area (Å²) >= 11 is 6.76. The number of hydrogen-bond acceptors (Lipinski definition) is 4. The minimum Gasteiger partial charge on any atom is -0.393 e. The van der Waals surface area contributed by atoms with Crippen molar-refractivity contribution in [1.82, 2.24) is 5.32 Å². The first-order valence-corrected chi connectivity index (χ1v) is 7.91. The molecular weight excluding hydrogens is 376 g/mol. The minimum atomic E-state index is -0.148. The molecule has 1 saturated carbocycles. The van der Waals surface area contributed by atoms with E-state index in [0.717, 1.165) is 35.7 Å². The lowest BCUT2D eigenvalue weighted by Gasteiger charge is -2.26. The zero-order valence-electron chi connectivity index (χ0n) is 10.4. The molecule has 1 aliphatic carbocycles. The number of halogens is 2. The standard InChI is InChI=1S/C13H16Br2N2O2/c14-9-5-8(13(17-19)12(15)6-9)7-16-10-1-3-11(18)4-2-10/h5-6,10-11,16,18H,1-4,7H2. The molecule has 104 valence electrons. The Morgan fingerprint density at radius 1 is 1.26 bits per heavy atom. The van der Waals surface area contributed by atoms with Gasteiger partial charge in [0.05, 0.1) is 6.10 Å². The van der Waals surface area contributed by atoms with Gasteiger partial charge in [-0.2, -0.15) is 0 Å². The van der Waals surface area contributed by atoms with Gasteiger partial charge in [-0.1, -0.05) is 15.9 Å². The van der Waals surface area contributed by atoms with Gasteiger partial charge in [0.2, 0.25) is 0 Å². The highest BCUT2D eigenvalue weighted by molar-refractivity contribution is 9.11. The first kappa shape index (κ1) is 15.1. The second kappa shape index (κ2) is 6.92. The van der Waals surface area contributed by atoms with E-state index < -0.39 is 0 Å².